The van der Waals surface area contributed by atoms with Crippen molar-refractivity contribution in [3.8, 4) is 0 Å². The van der Waals surface area contributed by atoms with Crippen molar-refractivity contribution in [2.24, 2.45) is 0 Å². The Kier molecular flexibility index (Phi) is 14.7. The van der Waals surface area contributed by atoms with Gasteiger partial charge in [-0.1, -0.05) is 0 Å². The summed E-state index contributed by atoms with van der Waals surface area (Å²) < 4.78 is 13.0. The van der Waals surface area contributed by atoms with Crippen molar-refractivity contribution in [2.75, 3.05) is 20.1 Å². The standard InChI is InChI=1S/C20H42N6O8Si3/c1-15(27)16(28)23-25-19(31)20(32)26-24-18(30)17(29)22-12-10-14-36(5,6)34-37(7,8)33-35(3,4)13-9-11-21-2/h21H,9-14H2,1-8H3,(H,22,29)(H,23,28)(H,24,30)(H,25,31)(H,26,32). The molecule has 0 heterocycles. The highest BCUT2D eigenvalue weighted by atomic mass is 28.5. The fourth-order valence-corrected chi connectivity index (χ4v) is 17.5. The van der Waals surface area contributed by atoms with Gasteiger partial charge in [0, 0.05) is 13.5 Å². The van der Waals surface area contributed by atoms with Crippen LogP contribution in [-0.4, -0.2) is 80.7 Å². The zero-order valence-corrected chi connectivity index (χ0v) is 26.0. The van der Waals surface area contributed by atoms with Gasteiger partial charge in [-0.05, 0) is 77.8 Å². The van der Waals surface area contributed by atoms with Crippen LogP contribution >= 0.6 is 0 Å². The third-order valence-electron chi connectivity index (χ3n) is 4.80. The summed E-state index contributed by atoms with van der Waals surface area (Å²) >= 11 is 0. The molecule has 0 atom stereocenters. The Balaban J connectivity index is 4.41. The number of carbonyl (C=O) groups excluding carboxylic acids is 6. The quantitative estimate of drug-likeness (QED) is 0.0697. The van der Waals surface area contributed by atoms with Crippen molar-refractivity contribution in [2.45, 2.75) is 71.1 Å². The number of rotatable bonds is 13. The van der Waals surface area contributed by atoms with Gasteiger partial charge in [0.15, 0.2) is 16.6 Å². The topological polar surface area (TPSA) is 193 Å². The van der Waals surface area contributed by atoms with Crippen LogP contribution in [0.2, 0.25) is 51.4 Å². The highest BCUT2D eigenvalue weighted by Crippen LogP contribution is 2.25. The minimum absolute atomic E-state index is 0.213. The van der Waals surface area contributed by atoms with E-state index in [0.717, 1.165) is 32.0 Å². The van der Waals surface area contributed by atoms with Gasteiger partial charge >= 0.3 is 38.1 Å². The lowest BCUT2D eigenvalue weighted by atomic mass is 10.4. The van der Waals surface area contributed by atoms with Gasteiger partial charge in [-0.2, -0.15) is 0 Å². The van der Waals surface area contributed by atoms with Crippen molar-refractivity contribution >= 4 is 60.5 Å². The van der Waals surface area contributed by atoms with E-state index in [1.807, 2.05) is 7.05 Å². The molecule has 0 bridgehead atoms. The van der Waals surface area contributed by atoms with E-state index < -0.39 is 60.5 Å². The molecule has 0 aliphatic rings. The van der Waals surface area contributed by atoms with Gasteiger partial charge in [-0.3, -0.25) is 50.5 Å². The zero-order chi connectivity index (χ0) is 28.9. The van der Waals surface area contributed by atoms with Crippen molar-refractivity contribution in [3.05, 3.63) is 0 Å². The molecule has 0 aromatic carbocycles. The largest absolute Gasteiger partial charge is 0.437 e. The molecule has 212 valence electrons. The minimum atomic E-state index is -2.34. The summed E-state index contributed by atoms with van der Waals surface area (Å²) in [6, 6.07) is 1.78. The lowest BCUT2D eigenvalue weighted by Crippen LogP contribution is -2.55. The SMILES string of the molecule is CNCCC[Si](C)(C)O[Si](C)(C)O[Si](C)(C)CCCNC(=O)C(=O)NNC(=O)C(=O)NNC(=O)C(C)=O. The molecule has 0 spiro atoms. The van der Waals surface area contributed by atoms with Crippen LogP contribution in [0, 0.1) is 0 Å². The van der Waals surface area contributed by atoms with E-state index in [-0.39, 0.29) is 6.54 Å². The van der Waals surface area contributed by atoms with Crippen molar-refractivity contribution in [3.63, 3.8) is 0 Å². The summed E-state index contributed by atoms with van der Waals surface area (Å²) in [7, 11) is -4.36. The molecule has 6 N–H and O–H groups in total. The number of hydrazine groups is 2. The zero-order valence-electron chi connectivity index (χ0n) is 23.0. The van der Waals surface area contributed by atoms with Gasteiger partial charge in [0.2, 0.25) is 5.78 Å². The maximum absolute atomic E-state index is 11.9. The molecular weight excluding hydrogens is 537 g/mol. The molecule has 0 unspecified atom stereocenters. The predicted molar refractivity (Wildman–Crippen MR) is 144 cm³/mol. The Hall–Kier alpha value is -2.45. The Labute approximate surface area is 221 Å². The number of amides is 5. The van der Waals surface area contributed by atoms with Crippen molar-refractivity contribution in [1.29, 1.82) is 0 Å². The molecule has 5 amide bonds. The monoisotopic (exact) mass is 578 g/mol. The van der Waals surface area contributed by atoms with Crippen LogP contribution in [-0.2, 0) is 37.0 Å². The number of carbonyl (C=O) groups is 6. The second-order valence-electron chi connectivity index (χ2n) is 10.1. The third kappa shape index (κ3) is 16.1. The summed E-state index contributed by atoms with van der Waals surface area (Å²) in [5.41, 5.74) is 6.88. The second kappa shape index (κ2) is 15.7. The van der Waals surface area contributed by atoms with E-state index in [0.29, 0.717) is 6.42 Å². The molecule has 17 heteroatoms. The molecule has 0 aliphatic heterocycles. The first-order valence-corrected chi connectivity index (χ1v) is 21.0. The second-order valence-corrected chi connectivity index (χ2v) is 22.5. The van der Waals surface area contributed by atoms with E-state index in [2.05, 4.69) is 49.9 Å². The Morgan fingerprint density at radius 2 is 0.973 bits per heavy atom. The molecule has 0 aliphatic carbocycles. The summed E-state index contributed by atoms with van der Waals surface area (Å²) in [5.74, 6) is -6.93. The van der Waals surface area contributed by atoms with Gasteiger partial charge in [-0.15, -0.1) is 0 Å². The van der Waals surface area contributed by atoms with Crippen LogP contribution < -0.4 is 32.3 Å². The van der Waals surface area contributed by atoms with E-state index >= 15 is 0 Å². The number of ketones is 1. The molecular formula is C20H42N6O8Si3. The van der Waals surface area contributed by atoms with E-state index in [1.165, 1.54) is 0 Å². The molecule has 0 fully saturated rings. The van der Waals surface area contributed by atoms with Crippen LogP contribution in [0.3, 0.4) is 0 Å². The fraction of sp³-hybridized carbons (Fsp3) is 0.700. The first-order chi connectivity index (χ1) is 16.9. The molecule has 0 aromatic heterocycles. The maximum atomic E-state index is 11.9. The first-order valence-electron chi connectivity index (χ1n) is 12.0. The van der Waals surface area contributed by atoms with Crippen LogP contribution in [0.25, 0.3) is 0 Å². The molecule has 0 aromatic rings. The van der Waals surface area contributed by atoms with E-state index in [1.54, 1.807) is 21.7 Å². The highest BCUT2D eigenvalue weighted by molar-refractivity contribution is 6.87. The van der Waals surface area contributed by atoms with Crippen molar-refractivity contribution in [1.82, 2.24) is 32.3 Å². The molecule has 37 heavy (non-hydrogen) atoms. The van der Waals surface area contributed by atoms with Crippen LogP contribution in [0.15, 0.2) is 0 Å². The van der Waals surface area contributed by atoms with Crippen LogP contribution in [0.4, 0.5) is 0 Å². The Morgan fingerprint density at radius 3 is 1.38 bits per heavy atom. The summed E-state index contributed by atoms with van der Waals surface area (Å²) in [6.45, 7) is 14.8. The van der Waals surface area contributed by atoms with Gasteiger partial charge in [0.1, 0.15) is 0 Å². The number of hydrogen-bond acceptors (Lipinski definition) is 9. The van der Waals surface area contributed by atoms with Crippen LogP contribution in [0.5, 0.6) is 0 Å². The van der Waals surface area contributed by atoms with Gasteiger partial charge in [0.05, 0.1) is 0 Å². The molecule has 0 radical (unpaired) electrons. The average molecular weight is 579 g/mol. The Bertz CT molecular complexity index is 854. The lowest BCUT2D eigenvalue weighted by molar-refractivity contribution is -0.145. The summed E-state index contributed by atoms with van der Waals surface area (Å²) in [4.78, 5) is 68.6. The first kappa shape index (κ1) is 34.6. The van der Waals surface area contributed by atoms with Crippen molar-refractivity contribution < 1.29 is 37.0 Å². The number of Topliss-reactive ketones (excluding diaryl/α,β-unsaturated/α-hetero) is 1. The van der Waals surface area contributed by atoms with Gasteiger partial charge in [0.25, 0.3) is 0 Å². The number of nitrogens with one attached hydrogen (secondary N) is 6. The van der Waals surface area contributed by atoms with E-state index in [4.69, 9.17) is 8.23 Å². The highest BCUT2D eigenvalue weighted by Gasteiger charge is 2.39. The van der Waals surface area contributed by atoms with Gasteiger partial charge < -0.3 is 18.9 Å². The van der Waals surface area contributed by atoms with E-state index in [9.17, 15) is 28.8 Å². The Morgan fingerprint density at radius 1 is 0.595 bits per heavy atom. The maximum Gasteiger partial charge on any atom is 0.329 e. The average Bonchev–Trinajstić information content (AvgIpc) is 2.76. The molecule has 0 saturated carbocycles. The number of hydrogen-bond donors (Lipinski definition) is 6. The summed E-state index contributed by atoms with van der Waals surface area (Å²) in [5, 5.41) is 5.60. The molecule has 14 nitrogen and oxygen atoms in total. The molecule has 0 saturated heterocycles. The third-order valence-corrected chi connectivity index (χ3v) is 16.3. The van der Waals surface area contributed by atoms with Gasteiger partial charge in [-0.25, -0.2) is 0 Å². The lowest BCUT2D eigenvalue weighted by Gasteiger charge is -2.38. The molecule has 0 rings (SSSR count). The normalized spacial score (nSPS) is 11.8. The smallest absolute Gasteiger partial charge is 0.329 e. The predicted octanol–water partition coefficient (Wildman–Crippen LogP) is -0.869. The minimum Gasteiger partial charge on any atom is -0.437 e. The van der Waals surface area contributed by atoms with Crippen LogP contribution in [0.1, 0.15) is 19.8 Å². The fourth-order valence-electron chi connectivity index (χ4n) is 3.43. The summed E-state index contributed by atoms with van der Waals surface area (Å²) in [6.07, 6.45) is 1.64.